The zero-order chi connectivity index (χ0) is 17.0. The summed E-state index contributed by atoms with van der Waals surface area (Å²) in [6.07, 6.45) is 5.90. The maximum absolute atomic E-state index is 12.5. The van der Waals surface area contributed by atoms with Gasteiger partial charge in [-0.3, -0.25) is 19.7 Å². The van der Waals surface area contributed by atoms with Crippen molar-refractivity contribution in [2.45, 2.75) is 6.42 Å². The minimum absolute atomic E-state index is 0.0722. The van der Waals surface area contributed by atoms with Crippen LogP contribution in [0.1, 0.15) is 12.0 Å². The van der Waals surface area contributed by atoms with Crippen LogP contribution in [0.4, 0.5) is 5.69 Å². The topological polar surface area (TPSA) is 113 Å². The fourth-order valence-corrected chi connectivity index (χ4v) is 3.88. The summed E-state index contributed by atoms with van der Waals surface area (Å²) in [6.45, 7) is 0. The number of nitro groups is 1. The smallest absolute Gasteiger partial charge is 0.270 e. The van der Waals surface area contributed by atoms with Crippen molar-refractivity contribution in [1.82, 2.24) is 5.01 Å². The number of nitro benzene ring substituents is 1. The third-order valence-electron chi connectivity index (χ3n) is 4.98. The van der Waals surface area contributed by atoms with Crippen LogP contribution in [0.3, 0.4) is 0 Å². The molecule has 8 nitrogen and oxygen atoms in total. The first-order valence-electron chi connectivity index (χ1n) is 7.55. The molecule has 4 rings (SSSR count). The summed E-state index contributed by atoms with van der Waals surface area (Å²) in [6, 6.07) is 3.47. The molecule has 122 valence electrons. The highest BCUT2D eigenvalue weighted by atomic mass is 16.6. The number of nitrogens with zero attached hydrogens (tertiary/aromatic N) is 3. The summed E-state index contributed by atoms with van der Waals surface area (Å²) in [4.78, 5) is 35.1. The van der Waals surface area contributed by atoms with E-state index in [0.717, 1.165) is 29.8 Å². The second kappa shape index (κ2) is 4.98. The molecule has 4 unspecified atom stereocenters. The molecule has 1 aliphatic heterocycles. The van der Waals surface area contributed by atoms with Crippen LogP contribution in [0.15, 0.2) is 35.5 Å². The van der Waals surface area contributed by atoms with Gasteiger partial charge in [-0.2, -0.15) is 10.1 Å². The third kappa shape index (κ3) is 1.96. The number of carbonyl (C=O) groups is 2. The van der Waals surface area contributed by atoms with Gasteiger partial charge in [-0.05, 0) is 24.3 Å². The number of carbonyl (C=O) groups excluding carboxylic acids is 2. The Balaban J connectivity index is 1.61. The second-order valence-electron chi connectivity index (χ2n) is 6.23. The van der Waals surface area contributed by atoms with Crippen LogP contribution >= 0.6 is 0 Å². The highest BCUT2D eigenvalue weighted by molar-refractivity contribution is 6.06. The average Bonchev–Trinajstić information content (AvgIpc) is 3.22. The Bertz CT molecular complexity index is 801. The third-order valence-corrected chi connectivity index (χ3v) is 4.98. The molecule has 1 heterocycles. The maximum atomic E-state index is 12.5. The van der Waals surface area contributed by atoms with Crippen molar-refractivity contribution in [2.75, 3.05) is 0 Å². The van der Waals surface area contributed by atoms with Crippen molar-refractivity contribution in [3.05, 3.63) is 46.0 Å². The Labute approximate surface area is 136 Å². The van der Waals surface area contributed by atoms with Gasteiger partial charge in [-0.1, -0.05) is 12.2 Å². The lowest BCUT2D eigenvalue weighted by Crippen LogP contribution is -2.28. The maximum Gasteiger partial charge on any atom is 0.270 e. The van der Waals surface area contributed by atoms with Crippen LogP contribution in [-0.4, -0.2) is 33.1 Å². The SMILES string of the molecule is O=C1C2C3C=CC(C3)C2C(=O)N1N=Cc1cc([N+](=O)[O-])ccc1O. The number of amides is 2. The Morgan fingerprint density at radius 2 is 1.83 bits per heavy atom. The van der Waals surface area contributed by atoms with E-state index in [2.05, 4.69) is 5.10 Å². The van der Waals surface area contributed by atoms with Crippen LogP contribution in [0.5, 0.6) is 5.75 Å². The molecule has 24 heavy (non-hydrogen) atoms. The number of hydrazone groups is 1. The van der Waals surface area contributed by atoms with Crippen molar-refractivity contribution in [2.24, 2.45) is 28.8 Å². The van der Waals surface area contributed by atoms with Crippen molar-refractivity contribution in [3.8, 4) is 5.75 Å². The van der Waals surface area contributed by atoms with Crippen molar-refractivity contribution in [1.29, 1.82) is 0 Å². The number of rotatable bonds is 3. The molecule has 1 aromatic rings. The van der Waals surface area contributed by atoms with E-state index in [1.807, 2.05) is 12.2 Å². The molecular weight excluding hydrogens is 314 g/mol. The van der Waals surface area contributed by atoms with Crippen molar-refractivity contribution >= 4 is 23.7 Å². The molecule has 8 heteroatoms. The van der Waals surface area contributed by atoms with Crippen molar-refractivity contribution < 1.29 is 19.6 Å². The number of phenols is 1. The number of fused-ring (bicyclic) bond motifs is 5. The molecule has 0 radical (unpaired) electrons. The van der Waals surface area contributed by atoms with Gasteiger partial charge in [0.15, 0.2) is 0 Å². The fraction of sp³-hybridized carbons (Fsp3) is 0.312. The molecule has 2 amide bonds. The van der Waals surface area contributed by atoms with E-state index >= 15 is 0 Å². The van der Waals surface area contributed by atoms with Crippen molar-refractivity contribution in [3.63, 3.8) is 0 Å². The lowest BCUT2D eigenvalue weighted by atomic mass is 9.85. The number of imide groups is 1. The summed E-state index contributed by atoms with van der Waals surface area (Å²) in [5.74, 6) is -1.45. The van der Waals surface area contributed by atoms with Crippen LogP contribution < -0.4 is 0 Å². The number of non-ortho nitro benzene ring substituents is 1. The van der Waals surface area contributed by atoms with E-state index < -0.39 is 4.92 Å². The minimum atomic E-state index is -0.601. The Morgan fingerprint density at radius 1 is 1.21 bits per heavy atom. The number of phenolic OH excluding ortho intramolecular Hbond substituents is 1. The normalized spacial score (nSPS) is 30.6. The standard InChI is InChI=1S/C16H13N3O5/c20-12-4-3-11(19(23)24)6-10(12)7-17-18-15(21)13-8-1-2-9(5-8)14(13)16(18)22/h1-4,6-9,13-14,20H,5H2. The molecular formula is C16H13N3O5. The van der Waals surface area contributed by atoms with Gasteiger partial charge in [0.2, 0.25) is 0 Å². The molecule has 3 aliphatic rings. The summed E-state index contributed by atoms with van der Waals surface area (Å²) in [7, 11) is 0. The van der Waals surface area contributed by atoms with Gasteiger partial charge in [-0.25, -0.2) is 0 Å². The van der Waals surface area contributed by atoms with Gasteiger partial charge >= 0.3 is 0 Å². The summed E-state index contributed by atoms with van der Waals surface area (Å²) in [5.41, 5.74) is -0.143. The zero-order valence-corrected chi connectivity index (χ0v) is 12.4. The predicted molar refractivity (Wildman–Crippen MR) is 81.9 cm³/mol. The number of hydrogen-bond acceptors (Lipinski definition) is 6. The highest BCUT2D eigenvalue weighted by Gasteiger charge is 2.59. The Kier molecular flexibility index (Phi) is 3.02. The first kappa shape index (κ1) is 14.6. The highest BCUT2D eigenvalue weighted by Crippen LogP contribution is 2.52. The number of aromatic hydroxyl groups is 1. The van der Waals surface area contributed by atoms with Gasteiger partial charge in [0.05, 0.1) is 23.0 Å². The quantitative estimate of drug-likeness (QED) is 0.297. The van der Waals surface area contributed by atoms with E-state index in [-0.39, 0.29) is 52.5 Å². The molecule has 2 bridgehead atoms. The molecule has 0 aromatic heterocycles. The summed E-state index contributed by atoms with van der Waals surface area (Å²) < 4.78 is 0. The molecule has 4 atom stereocenters. The summed E-state index contributed by atoms with van der Waals surface area (Å²) >= 11 is 0. The van der Waals surface area contributed by atoms with Crippen LogP contribution in [0.25, 0.3) is 0 Å². The molecule has 2 aliphatic carbocycles. The first-order chi connectivity index (χ1) is 11.5. The minimum Gasteiger partial charge on any atom is -0.507 e. The number of hydrogen-bond donors (Lipinski definition) is 1. The van der Waals surface area contributed by atoms with E-state index in [1.165, 1.54) is 6.07 Å². The molecule has 1 saturated carbocycles. The van der Waals surface area contributed by atoms with Gasteiger partial charge in [0.1, 0.15) is 5.75 Å². The molecule has 1 saturated heterocycles. The van der Waals surface area contributed by atoms with Gasteiger partial charge < -0.3 is 5.11 Å². The largest absolute Gasteiger partial charge is 0.507 e. The Hall–Kier alpha value is -3.03. The van der Waals surface area contributed by atoms with Crippen LogP contribution in [-0.2, 0) is 9.59 Å². The van der Waals surface area contributed by atoms with Gasteiger partial charge in [0.25, 0.3) is 17.5 Å². The van der Waals surface area contributed by atoms with E-state index in [4.69, 9.17) is 0 Å². The average molecular weight is 327 g/mol. The van der Waals surface area contributed by atoms with E-state index in [1.54, 1.807) is 0 Å². The molecule has 1 aromatic carbocycles. The van der Waals surface area contributed by atoms with Crippen LogP contribution in [0, 0.1) is 33.8 Å². The lowest BCUT2D eigenvalue weighted by molar-refractivity contribution is -0.384. The first-order valence-corrected chi connectivity index (χ1v) is 7.55. The second-order valence-corrected chi connectivity index (χ2v) is 6.23. The van der Waals surface area contributed by atoms with E-state index in [0.29, 0.717) is 0 Å². The molecule has 1 N–H and O–H groups in total. The predicted octanol–water partition coefficient (Wildman–Crippen LogP) is 1.44. The fourth-order valence-electron chi connectivity index (χ4n) is 3.88. The van der Waals surface area contributed by atoms with E-state index in [9.17, 15) is 24.8 Å². The van der Waals surface area contributed by atoms with Crippen LogP contribution in [0.2, 0.25) is 0 Å². The van der Waals surface area contributed by atoms with Gasteiger partial charge in [-0.15, -0.1) is 0 Å². The van der Waals surface area contributed by atoms with Gasteiger partial charge in [0, 0.05) is 17.7 Å². The molecule has 2 fully saturated rings. The number of allylic oxidation sites excluding steroid dienone is 2. The summed E-state index contributed by atoms with van der Waals surface area (Å²) in [5, 5.41) is 25.3. The monoisotopic (exact) mass is 327 g/mol. The molecule has 0 spiro atoms. The lowest BCUT2D eigenvalue weighted by Gasteiger charge is -2.13. The zero-order valence-electron chi connectivity index (χ0n) is 12.4. The number of benzene rings is 1. The Morgan fingerprint density at radius 3 is 2.42 bits per heavy atom.